The van der Waals surface area contributed by atoms with Gasteiger partial charge >= 0.3 is 0 Å². The van der Waals surface area contributed by atoms with Gasteiger partial charge in [-0.2, -0.15) is 4.98 Å². The van der Waals surface area contributed by atoms with E-state index in [0.29, 0.717) is 23.3 Å². The highest BCUT2D eigenvalue weighted by molar-refractivity contribution is 5.61. The fraction of sp³-hybridized carbons (Fsp3) is 0.133. The lowest BCUT2D eigenvalue weighted by molar-refractivity contribution is 0.174. The number of aromatic nitrogens is 3. The number of nitrogens with one attached hydrogen (secondary N) is 2. The number of ether oxygens (including phenoxy) is 2. The van der Waals surface area contributed by atoms with Crippen molar-refractivity contribution in [2.45, 2.75) is 6.92 Å². The summed E-state index contributed by atoms with van der Waals surface area (Å²) in [6.07, 6.45) is 1.65. The number of fused-ring (bicyclic) bond motifs is 1. The highest BCUT2D eigenvalue weighted by Crippen LogP contribution is 2.34. The maximum Gasteiger partial charge on any atom is 0.231 e. The van der Waals surface area contributed by atoms with Crippen LogP contribution in [0.1, 0.15) is 5.76 Å². The fourth-order valence-electron chi connectivity index (χ4n) is 2.15. The van der Waals surface area contributed by atoms with E-state index in [4.69, 9.17) is 14.0 Å². The number of benzene rings is 1. The van der Waals surface area contributed by atoms with Gasteiger partial charge in [-0.05, 0) is 25.1 Å². The third-order valence-electron chi connectivity index (χ3n) is 3.17. The average Bonchev–Trinajstić information content (AvgIpc) is 3.16. The monoisotopic (exact) mass is 311 g/mol. The molecular formula is C15H13N5O3. The van der Waals surface area contributed by atoms with Crippen molar-refractivity contribution in [1.29, 1.82) is 0 Å². The van der Waals surface area contributed by atoms with Gasteiger partial charge in [-0.1, -0.05) is 5.16 Å². The van der Waals surface area contributed by atoms with Crippen molar-refractivity contribution in [2.75, 3.05) is 17.4 Å². The number of rotatable bonds is 4. The Balaban J connectivity index is 1.52. The summed E-state index contributed by atoms with van der Waals surface area (Å²) in [7, 11) is 0. The quantitative estimate of drug-likeness (QED) is 0.759. The molecule has 0 saturated carbocycles. The first-order valence-corrected chi connectivity index (χ1v) is 6.96. The van der Waals surface area contributed by atoms with Gasteiger partial charge in [0.2, 0.25) is 12.7 Å². The molecule has 0 saturated heterocycles. The molecule has 1 aliphatic rings. The number of aryl methyl sites for hydroxylation is 1. The van der Waals surface area contributed by atoms with Gasteiger partial charge in [-0.25, -0.2) is 4.98 Å². The normalized spacial score (nSPS) is 12.2. The summed E-state index contributed by atoms with van der Waals surface area (Å²) in [6, 6.07) is 9.08. The van der Waals surface area contributed by atoms with Gasteiger partial charge < -0.3 is 24.6 Å². The molecule has 2 aromatic heterocycles. The maximum absolute atomic E-state index is 5.35. The first-order valence-electron chi connectivity index (χ1n) is 6.96. The van der Waals surface area contributed by atoms with Crippen molar-refractivity contribution < 1.29 is 14.0 Å². The lowest BCUT2D eigenvalue weighted by atomic mass is 10.3. The van der Waals surface area contributed by atoms with E-state index in [0.717, 1.165) is 17.2 Å². The second kappa shape index (κ2) is 5.48. The van der Waals surface area contributed by atoms with Crippen LogP contribution in [0.5, 0.6) is 11.5 Å². The highest BCUT2D eigenvalue weighted by Gasteiger charge is 2.13. The van der Waals surface area contributed by atoms with Crippen molar-refractivity contribution in [3.8, 4) is 11.5 Å². The second-order valence-corrected chi connectivity index (χ2v) is 4.91. The van der Waals surface area contributed by atoms with E-state index >= 15 is 0 Å². The van der Waals surface area contributed by atoms with E-state index in [9.17, 15) is 0 Å². The second-order valence-electron chi connectivity index (χ2n) is 4.91. The molecule has 0 spiro atoms. The van der Waals surface area contributed by atoms with Crippen LogP contribution in [0.4, 0.5) is 23.3 Å². The molecule has 0 amide bonds. The highest BCUT2D eigenvalue weighted by atomic mass is 16.7. The van der Waals surface area contributed by atoms with Crippen molar-refractivity contribution in [2.24, 2.45) is 0 Å². The van der Waals surface area contributed by atoms with Gasteiger partial charge in [0.1, 0.15) is 11.6 Å². The molecule has 1 aliphatic heterocycles. The summed E-state index contributed by atoms with van der Waals surface area (Å²) in [6.45, 7) is 2.07. The van der Waals surface area contributed by atoms with Crippen LogP contribution in [-0.2, 0) is 0 Å². The largest absolute Gasteiger partial charge is 0.454 e. The van der Waals surface area contributed by atoms with Crippen molar-refractivity contribution in [3.63, 3.8) is 0 Å². The average molecular weight is 311 g/mol. The molecule has 0 atom stereocenters. The minimum atomic E-state index is 0.242. The van der Waals surface area contributed by atoms with Gasteiger partial charge in [0.25, 0.3) is 0 Å². The molecule has 1 aromatic carbocycles. The lowest BCUT2D eigenvalue weighted by Crippen LogP contribution is -2.00. The van der Waals surface area contributed by atoms with E-state index in [-0.39, 0.29) is 6.79 Å². The molecule has 116 valence electrons. The van der Waals surface area contributed by atoms with Crippen LogP contribution in [0.25, 0.3) is 0 Å². The van der Waals surface area contributed by atoms with E-state index in [1.54, 1.807) is 18.3 Å². The van der Waals surface area contributed by atoms with Crippen LogP contribution >= 0.6 is 0 Å². The lowest BCUT2D eigenvalue weighted by Gasteiger charge is -2.07. The third kappa shape index (κ3) is 2.86. The molecule has 8 nitrogen and oxygen atoms in total. The molecule has 0 bridgehead atoms. The molecule has 0 aliphatic carbocycles. The predicted octanol–water partition coefficient (Wildman–Crippen LogP) is 2.99. The van der Waals surface area contributed by atoms with Crippen molar-refractivity contribution in [3.05, 3.63) is 42.3 Å². The molecule has 8 heteroatoms. The molecule has 0 radical (unpaired) electrons. The Morgan fingerprint density at radius 3 is 2.78 bits per heavy atom. The van der Waals surface area contributed by atoms with Crippen LogP contribution in [0.15, 0.2) is 41.1 Å². The molecule has 0 fully saturated rings. The van der Waals surface area contributed by atoms with Gasteiger partial charge in [-0.15, -0.1) is 0 Å². The number of hydrogen-bond acceptors (Lipinski definition) is 8. The maximum atomic E-state index is 5.35. The van der Waals surface area contributed by atoms with E-state index in [1.165, 1.54) is 0 Å². The number of hydrogen-bond donors (Lipinski definition) is 2. The van der Waals surface area contributed by atoms with E-state index in [2.05, 4.69) is 25.8 Å². The van der Waals surface area contributed by atoms with Crippen LogP contribution in [-0.4, -0.2) is 21.9 Å². The number of nitrogens with zero attached hydrogens (tertiary/aromatic N) is 3. The summed E-state index contributed by atoms with van der Waals surface area (Å²) < 4.78 is 15.6. The van der Waals surface area contributed by atoms with Crippen molar-refractivity contribution >= 4 is 23.3 Å². The summed E-state index contributed by atoms with van der Waals surface area (Å²) in [5.74, 6) is 3.80. The molecule has 0 unspecified atom stereocenters. The smallest absolute Gasteiger partial charge is 0.231 e. The van der Waals surface area contributed by atoms with Crippen LogP contribution in [0, 0.1) is 6.92 Å². The van der Waals surface area contributed by atoms with E-state index < -0.39 is 0 Å². The SMILES string of the molecule is Cc1cc(Nc2ccnc(Nc3ccc4c(c3)OCO4)n2)no1. The van der Waals surface area contributed by atoms with Gasteiger partial charge in [0, 0.05) is 24.0 Å². The summed E-state index contributed by atoms with van der Waals surface area (Å²) in [5.41, 5.74) is 0.809. The molecule has 3 heterocycles. The Morgan fingerprint density at radius 2 is 1.91 bits per heavy atom. The standard InChI is InChI=1S/C15H13N5O3/c1-9-6-14(20-23-9)18-13-4-5-16-15(19-13)17-10-2-3-11-12(7-10)22-8-21-11/h2-7H,8H2,1H3,(H2,16,17,18,19,20). The third-order valence-corrected chi connectivity index (χ3v) is 3.17. The fourth-order valence-corrected chi connectivity index (χ4v) is 2.15. The summed E-state index contributed by atoms with van der Waals surface area (Å²) >= 11 is 0. The Morgan fingerprint density at radius 1 is 1.00 bits per heavy atom. The molecular weight excluding hydrogens is 298 g/mol. The van der Waals surface area contributed by atoms with Crippen LogP contribution in [0.3, 0.4) is 0 Å². The molecule has 23 heavy (non-hydrogen) atoms. The predicted molar refractivity (Wildman–Crippen MR) is 82.4 cm³/mol. The first kappa shape index (κ1) is 13.4. The van der Waals surface area contributed by atoms with Crippen LogP contribution < -0.4 is 20.1 Å². The Kier molecular flexibility index (Phi) is 3.19. The van der Waals surface area contributed by atoms with Crippen molar-refractivity contribution in [1.82, 2.24) is 15.1 Å². The first-order chi connectivity index (χ1) is 11.3. The summed E-state index contributed by atoms with van der Waals surface area (Å²) in [5, 5.41) is 10.0. The Labute approximate surface area is 131 Å². The zero-order valence-corrected chi connectivity index (χ0v) is 12.2. The minimum Gasteiger partial charge on any atom is -0.454 e. The minimum absolute atomic E-state index is 0.242. The van der Waals surface area contributed by atoms with Gasteiger partial charge in [0.15, 0.2) is 17.3 Å². The van der Waals surface area contributed by atoms with Gasteiger partial charge in [0.05, 0.1) is 0 Å². The van der Waals surface area contributed by atoms with Gasteiger partial charge in [-0.3, -0.25) is 0 Å². The topological polar surface area (TPSA) is 94.3 Å². The number of anilines is 4. The van der Waals surface area contributed by atoms with Crippen LogP contribution in [0.2, 0.25) is 0 Å². The zero-order valence-electron chi connectivity index (χ0n) is 12.2. The molecule has 2 N–H and O–H groups in total. The Bertz CT molecular complexity index is 849. The molecule has 4 rings (SSSR count). The molecule has 3 aromatic rings. The van der Waals surface area contributed by atoms with E-state index in [1.807, 2.05) is 25.1 Å². The summed E-state index contributed by atoms with van der Waals surface area (Å²) in [4.78, 5) is 8.58. The Hall–Kier alpha value is -3.29. The zero-order chi connectivity index (χ0) is 15.6.